The number of aromatic nitrogens is 2. The number of carbonyl (C=O) groups is 1. The van der Waals surface area contributed by atoms with E-state index in [0.29, 0.717) is 23.5 Å². The van der Waals surface area contributed by atoms with Crippen molar-refractivity contribution in [3.8, 4) is 17.1 Å². The van der Waals surface area contributed by atoms with Crippen LogP contribution >= 0.6 is 11.3 Å². The average molecular weight is 501 g/mol. The first-order valence-corrected chi connectivity index (χ1v) is 13.2. The van der Waals surface area contributed by atoms with Gasteiger partial charge in [0.25, 0.3) is 5.91 Å². The van der Waals surface area contributed by atoms with E-state index in [4.69, 9.17) is 14.7 Å². The first kappa shape index (κ1) is 22.9. The summed E-state index contributed by atoms with van der Waals surface area (Å²) in [6.45, 7) is 1.87. The molecule has 2 aromatic carbocycles. The minimum atomic E-state index is -0.0843. The summed E-state index contributed by atoms with van der Waals surface area (Å²) in [6.07, 6.45) is 3.29. The van der Waals surface area contributed by atoms with E-state index in [1.807, 2.05) is 35.7 Å². The smallest absolute Gasteiger partial charge is 0.258 e. The number of amides is 1. The molecule has 3 heterocycles. The van der Waals surface area contributed by atoms with Crippen molar-refractivity contribution in [3.63, 3.8) is 0 Å². The summed E-state index contributed by atoms with van der Waals surface area (Å²) in [5.41, 5.74) is 10.4. The Morgan fingerprint density at radius 2 is 1.89 bits per heavy atom. The van der Waals surface area contributed by atoms with Crippen LogP contribution in [0.2, 0.25) is 0 Å². The number of ether oxygens (including phenoxy) is 1. The lowest BCUT2D eigenvalue weighted by Gasteiger charge is -2.26. The first-order valence-electron chi connectivity index (χ1n) is 12.3. The minimum absolute atomic E-state index is 0.000158. The molecule has 9 heteroatoms. The number of hydrogen-bond acceptors (Lipinski definition) is 8. The fourth-order valence-corrected chi connectivity index (χ4v) is 5.22. The highest BCUT2D eigenvalue weighted by atomic mass is 32.1. The highest BCUT2D eigenvalue weighted by Crippen LogP contribution is 2.32. The van der Waals surface area contributed by atoms with Gasteiger partial charge >= 0.3 is 0 Å². The number of carbonyl (C=O) groups excluding carboxylic acids is 1. The normalized spacial score (nSPS) is 16.1. The standard InChI is InChI=1S/C27H28N6O2S/c34-24(30-20-4-2-5-20)16-35-22-6-1-3-18(13-22)26-32-23-11-12-36-25(23)27(33-26)31-21-9-7-17(8-10-21)19-14-28-29-15-19/h1,3,6-13,19-20,28-29H,2,4-5,14-16H2,(H,30,34)(H,31,32,33). The Morgan fingerprint density at radius 3 is 2.67 bits per heavy atom. The van der Waals surface area contributed by atoms with E-state index in [0.717, 1.165) is 53.2 Å². The van der Waals surface area contributed by atoms with Crippen LogP contribution in [0, 0.1) is 0 Å². The van der Waals surface area contributed by atoms with Crippen molar-refractivity contribution in [1.29, 1.82) is 0 Å². The van der Waals surface area contributed by atoms with Gasteiger partial charge < -0.3 is 15.4 Å². The second kappa shape index (κ2) is 10.2. The Balaban J connectivity index is 1.20. The third kappa shape index (κ3) is 5.04. The fourth-order valence-electron chi connectivity index (χ4n) is 4.45. The molecule has 36 heavy (non-hydrogen) atoms. The molecule has 2 aliphatic rings. The SMILES string of the molecule is O=C(COc1cccc(-c2nc(Nc3ccc(C4CNNC4)cc3)c3sccc3n2)c1)NC1CCC1. The number of anilines is 2. The highest BCUT2D eigenvalue weighted by molar-refractivity contribution is 7.17. The fraction of sp³-hybridized carbons (Fsp3) is 0.296. The maximum atomic E-state index is 12.1. The van der Waals surface area contributed by atoms with Crippen molar-refractivity contribution < 1.29 is 9.53 Å². The van der Waals surface area contributed by atoms with Crippen LogP contribution in [0.15, 0.2) is 60.0 Å². The monoisotopic (exact) mass is 500 g/mol. The Kier molecular flexibility index (Phi) is 6.50. The molecule has 1 aliphatic carbocycles. The van der Waals surface area contributed by atoms with Crippen molar-refractivity contribution in [2.45, 2.75) is 31.2 Å². The topological polar surface area (TPSA) is 100 Å². The number of fused-ring (bicyclic) bond motifs is 1. The van der Waals surface area contributed by atoms with Gasteiger partial charge in [0.1, 0.15) is 5.75 Å². The number of thiophene rings is 1. The van der Waals surface area contributed by atoms with Gasteiger partial charge in [-0.25, -0.2) is 9.97 Å². The molecule has 0 spiro atoms. The predicted molar refractivity (Wildman–Crippen MR) is 143 cm³/mol. The summed E-state index contributed by atoms with van der Waals surface area (Å²) in [7, 11) is 0. The van der Waals surface area contributed by atoms with E-state index in [1.165, 1.54) is 12.0 Å². The summed E-state index contributed by atoms with van der Waals surface area (Å²) in [5.74, 6) is 2.39. The number of rotatable bonds is 8. The molecule has 2 fully saturated rings. The number of hydrogen-bond donors (Lipinski definition) is 4. The van der Waals surface area contributed by atoms with E-state index in [2.05, 4.69) is 45.8 Å². The number of nitrogens with one attached hydrogen (secondary N) is 4. The molecule has 2 aromatic heterocycles. The molecule has 4 N–H and O–H groups in total. The summed E-state index contributed by atoms with van der Waals surface area (Å²) in [4.78, 5) is 21.8. The molecule has 4 aromatic rings. The quantitative estimate of drug-likeness (QED) is 0.286. The van der Waals surface area contributed by atoms with Crippen LogP contribution in [0.25, 0.3) is 21.6 Å². The molecule has 0 bridgehead atoms. The third-order valence-electron chi connectivity index (χ3n) is 6.70. The van der Waals surface area contributed by atoms with Gasteiger partial charge in [-0.3, -0.25) is 15.6 Å². The summed E-state index contributed by atoms with van der Waals surface area (Å²) in [6, 6.07) is 18.4. The van der Waals surface area contributed by atoms with Crippen molar-refractivity contribution in [2.24, 2.45) is 0 Å². The predicted octanol–water partition coefficient (Wildman–Crippen LogP) is 4.34. The molecule has 1 saturated carbocycles. The summed E-state index contributed by atoms with van der Waals surface area (Å²) in [5, 5.41) is 8.51. The second-order valence-electron chi connectivity index (χ2n) is 9.25. The highest BCUT2D eigenvalue weighted by Gasteiger charge is 2.20. The van der Waals surface area contributed by atoms with Gasteiger partial charge in [0.05, 0.1) is 10.2 Å². The Bertz CT molecular complexity index is 1360. The molecule has 0 atom stereocenters. The van der Waals surface area contributed by atoms with E-state index in [-0.39, 0.29) is 12.5 Å². The zero-order valence-corrected chi connectivity index (χ0v) is 20.6. The first-order chi connectivity index (χ1) is 17.7. The van der Waals surface area contributed by atoms with Gasteiger partial charge in [-0.15, -0.1) is 11.3 Å². The molecular formula is C27H28N6O2S. The Labute approximate surface area is 213 Å². The van der Waals surface area contributed by atoms with Crippen LogP contribution < -0.4 is 26.2 Å². The van der Waals surface area contributed by atoms with Crippen LogP contribution in [0.3, 0.4) is 0 Å². The Hall–Kier alpha value is -3.53. The van der Waals surface area contributed by atoms with Crippen LogP contribution in [0.1, 0.15) is 30.7 Å². The van der Waals surface area contributed by atoms with Crippen LogP contribution in [0.4, 0.5) is 11.5 Å². The zero-order valence-electron chi connectivity index (χ0n) is 19.8. The molecule has 1 amide bonds. The summed E-state index contributed by atoms with van der Waals surface area (Å²) < 4.78 is 6.77. The van der Waals surface area contributed by atoms with E-state index in [1.54, 1.807) is 11.3 Å². The number of benzene rings is 2. The van der Waals surface area contributed by atoms with Crippen LogP contribution in [-0.2, 0) is 4.79 Å². The van der Waals surface area contributed by atoms with Crippen molar-refractivity contribution in [1.82, 2.24) is 26.1 Å². The maximum Gasteiger partial charge on any atom is 0.258 e. The minimum Gasteiger partial charge on any atom is -0.484 e. The van der Waals surface area contributed by atoms with Gasteiger partial charge in [0.2, 0.25) is 0 Å². The lowest BCUT2D eigenvalue weighted by atomic mass is 9.93. The maximum absolute atomic E-state index is 12.1. The zero-order chi connectivity index (χ0) is 24.3. The van der Waals surface area contributed by atoms with Gasteiger partial charge in [0.15, 0.2) is 18.2 Å². The van der Waals surface area contributed by atoms with E-state index in [9.17, 15) is 4.79 Å². The second-order valence-corrected chi connectivity index (χ2v) is 10.2. The van der Waals surface area contributed by atoms with Crippen molar-refractivity contribution in [3.05, 3.63) is 65.5 Å². The molecule has 0 radical (unpaired) electrons. The average Bonchev–Trinajstić information content (AvgIpc) is 3.58. The third-order valence-corrected chi connectivity index (χ3v) is 7.61. The van der Waals surface area contributed by atoms with Crippen molar-refractivity contribution >= 4 is 39.0 Å². The lowest BCUT2D eigenvalue weighted by Crippen LogP contribution is -2.41. The van der Waals surface area contributed by atoms with Gasteiger partial charge in [0, 0.05) is 36.3 Å². The summed E-state index contributed by atoms with van der Waals surface area (Å²) >= 11 is 1.61. The van der Waals surface area contributed by atoms with Gasteiger partial charge in [-0.1, -0.05) is 24.3 Å². The molecule has 184 valence electrons. The molecule has 1 aliphatic heterocycles. The van der Waals surface area contributed by atoms with E-state index >= 15 is 0 Å². The molecule has 0 unspecified atom stereocenters. The van der Waals surface area contributed by atoms with Gasteiger partial charge in [-0.2, -0.15) is 0 Å². The molecule has 8 nitrogen and oxygen atoms in total. The van der Waals surface area contributed by atoms with E-state index < -0.39 is 0 Å². The molecular weight excluding hydrogens is 472 g/mol. The van der Waals surface area contributed by atoms with Crippen LogP contribution in [-0.4, -0.2) is 41.6 Å². The molecule has 6 rings (SSSR count). The molecule has 1 saturated heterocycles. The number of nitrogens with zero attached hydrogens (tertiary/aromatic N) is 2. The van der Waals surface area contributed by atoms with Gasteiger partial charge in [-0.05, 0) is 60.5 Å². The Morgan fingerprint density at radius 1 is 1.06 bits per heavy atom. The number of hydrazine groups is 1. The van der Waals surface area contributed by atoms with Crippen molar-refractivity contribution in [2.75, 3.05) is 25.0 Å². The lowest BCUT2D eigenvalue weighted by molar-refractivity contribution is -0.124. The largest absolute Gasteiger partial charge is 0.484 e. The van der Waals surface area contributed by atoms with Crippen LogP contribution in [0.5, 0.6) is 5.75 Å².